The third-order valence-corrected chi connectivity index (χ3v) is 5.27. The van der Waals surface area contributed by atoms with Gasteiger partial charge in [-0.25, -0.2) is 0 Å². The standard InChI is InChI=1S/C16H20N4S/c1-11-17-18-16(21)20(11)15-13-7-14(15)10-19(9-13)8-12-5-3-2-4-6-12/h2-6,13-15H,7-10H2,1H3,(H,18,21). The third-order valence-electron chi connectivity index (χ3n) is 4.98. The Morgan fingerprint density at radius 2 is 1.95 bits per heavy atom. The molecule has 0 amide bonds. The molecule has 2 unspecified atom stereocenters. The summed E-state index contributed by atoms with van der Waals surface area (Å²) in [7, 11) is 0. The highest BCUT2D eigenvalue weighted by atomic mass is 32.1. The van der Waals surface area contributed by atoms with Crippen molar-refractivity contribution in [3.05, 3.63) is 46.5 Å². The topological polar surface area (TPSA) is 36.9 Å². The number of aromatic nitrogens is 3. The Hall–Kier alpha value is -1.46. The van der Waals surface area contributed by atoms with Crippen LogP contribution in [0.25, 0.3) is 0 Å². The van der Waals surface area contributed by atoms with Crippen molar-refractivity contribution in [3.8, 4) is 0 Å². The molecule has 2 aliphatic heterocycles. The molecule has 110 valence electrons. The van der Waals surface area contributed by atoms with Gasteiger partial charge in [0.25, 0.3) is 0 Å². The second-order valence-electron chi connectivity index (χ2n) is 6.37. The van der Waals surface area contributed by atoms with Gasteiger partial charge in [-0.1, -0.05) is 30.3 Å². The minimum absolute atomic E-state index is 0.559. The molecule has 2 aromatic rings. The van der Waals surface area contributed by atoms with Crippen LogP contribution in [-0.2, 0) is 6.54 Å². The van der Waals surface area contributed by atoms with E-state index < -0.39 is 0 Å². The molecule has 2 saturated heterocycles. The average Bonchev–Trinajstić information content (AvgIpc) is 2.81. The molecule has 3 aliphatic rings. The summed E-state index contributed by atoms with van der Waals surface area (Å²) in [6.07, 6.45) is 1.34. The Balaban J connectivity index is 1.48. The lowest BCUT2D eigenvalue weighted by atomic mass is 9.66. The molecule has 3 heterocycles. The monoisotopic (exact) mass is 300 g/mol. The van der Waals surface area contributed by atoms with Gasteiger partial charge in [-0.05, 0) is 43.0 Å². The van der Waals surface area contributed by atoms with E-state index in [0.29, 0.717) is 6.04 Å². The van der Waals surface area contributed by atoms with Crippen LogP contribution >= 0.6 is 12.2 Å². The number of fused-ring (bicyclic) bond motifs is 2. The molecule has 5 rings (SSSR count). The fraction of sp³-hybridized carbons (Fsp3) is 0.500. The van der Waals surface area contributed by atoms with Gasteiger partial charge >= 0.3 is 0 Å². The maximum absolute atomic E-state index is 5.39. The number of aryl methyl sites for hydroxylation is 1. The van der Waals surface area contributed by atoms with Crippen molar-refractivity contribution in [2.24, 2.45) is 11.8 Å². The molecule has 1 N–H and O–H groups in total. The largest absolute Gasteiger partial charge is 0.301 e. The van der Waals surface area contributed by atoms with Crippen LogP contribution in [0.15, 0.2) is 30.3 Å². The molecule has 5 heteroatoms. The van der Waals surface area contributed by atoms with E-state index in [0.717, 1.165) is 29.0 Å². The van der Waals surface area contributed by atoms with Gasteiger partial charge in [0.2, 0.25) is 0 Å². The van der Waals surface area contributed by atoms with E-state index in [2.05, 4.69) is 50.0 Å². The molecule has 3 fully saturated rings. The number of piperidine rings is 2. The predicted octanol–water partition coefficient (Wildman–Crippen LogP) is 2.94. The second-order valence-corrected chi connectivity index (χ2v) is 6.76. The van der Waals surface area contributed by atoms with Gasteiger partial charge in [-0.15, -0.1) is 0 Å². The number of aromatic amines is 1. The predicted molar refractivity (Wildman–Crippen MR) is 84.5 cm³/mol. The third kappa shape index (κ3) is 2.24. The lowest BCUT2D eigenvalue weighted by molar-refractivity contribution is -0.0390. The first-order valence-corrected chi connectivity index (χ1v) is 8.03. The zero-order valence-corrected chi connectivity index (χ0v) is 13.0. The van der Waals surface area contributed by atoms with Gasteiger partial charge in [0, 0.05) is 25.7 Å². The van der Waals surface area contributed by atoms with Crippen LogP contribution in [0, 0.1) is 23.5 Å². The van der Waals surface area contributed by atoms with Crippen LogP contribution in [-0.4, -0.2) is 32.8 Å². The van der Waals surface area contributed by atoms with Crippen molar-refractivity contribution in [2.45, 2.75) is 25.9 Å². The normalized spacial score (nSPS) is 28.3. The summed E-state index contributed by atoms with van der Waals surface area (Å²) in [5, 5.41) is 7.19. The number of H-pyrrole nitrogens is 1. The number of benzene rings is 1. The summed E-state index contributed by atoms with van der Waals surface area (Å²) in [6.45, 7) is 5.45. The minimum Gasteiger partial charge on any atom is -0.301 e. The van der Waals surface area contributed by atoms with Crippen LogP contribution in [0.3, 0.4) is 0 Å². The Kier molecular flexibility index (Phi) is 3.19. The molecule has 1 saturated carbocycles. The van der Waals surface area contributed by atoms with Crippen molar-refractivity contribution in [1.82, 2.24) is 19.7 Å². The zero-order valence-electron chi connectivity index (χ0n) is 12.2. The lowest BCUT2D eigenvalue weighted by Crippen LogP contribution is -2.55. The zero-order chi connectivity index (χ0) is 14.4. The van der Waals surface area contributed by atoms with Crippen LogP contribution < -0.4 is 0 Å². The van der Waals surface area contributed by atoms with Gasteiger partial charge < -0.3 is 4.57 Å². The summed E-state index contributed by atoms with van der Waals surface area (Å²) < 4.78 is 3.03. The SMILES string of the molecule is Cc1n[nH]c(=S)n1C1C2CC1CN(Cc1ccccc1)C2. The lowest BCUT2D eigenvalue weighted by Gasteiger charge is -2.54. The Morgan fingerprint density at radius 1 is 1.24 bits per heavy atom. The fourth-order valence-corrected chi connectivity index (χ4v) is 4.39. The van der Waals surface area contributed by atoms with E-state index in [-0.39, 0.29) is 0 Å². The summed E-state index contributed by atoms with van der Waals surface area (Å²) in [5.74, 6) is 2.46. The molecular weight excluding hydrogens is 280 g/mol. The van der Waals surface area contributed by atoms with E-state index in [1.54, 1.807) is 0 Å². The Morgan fingerprint density at radius 3 is 2.57 bits per heavy atom. The van der Waals surface area contributed by atoms with E-state index in [1.165, 1.54) is 25.1 Å². The number of hydrogen-bond acceptors (Lipinski definition) is 3. The van der Waals surface area contributed by atoms with Gasteiger partial charge in [0.05, 0.1) is 0 Å². The van der Waals surface area contributed by atoms with E-state index in [1.807, 2.05) is 6.92 Å². The number of hydrogen-bond donors (Lipinski definition) is 1. The van der Waals surface area contributed by atoms with E-state index in [4.69, 9.17) is 12.2 Å². The Labute approximate surface area is 129 Å². The van der Waals surface area contributed by atoms with Gasteiger partial charge in [0.1, 0.15) is 5.82 Å². The Bertz CT molecular complexity index is 678. The van der Waals surface area contributed by atoms with E-state index in [9.17, 15) is 0 Å². The quantitative estimate of drug-likeness (QED) is 0.886. The molecule has 0 radical (unpaired) electrons. The molecule has 0 spiro atoms. The van der Waals surface area contributed by atoms with Crippen molar-refractivity contribution in [2.75, 3.05) is 13.1 Å². The van der Waals surface area contributed by atoms with Gasteiger partial charge in [0.15, 0.2) is 4.77 Å². The molecule has 1 aliphatic carbocycles. The minimum atomic E-state index is 0.559. The summed E-state index contributed by atoms with van der Waals surface area (Å²) >= 11 is 5.39. The van der Waals surface area contributed by atoms with Crippen molar-refractivity contribution in [3.63, 3.8) is 0 Å². The van der Waals surface area contributed by atoms with Crippen LogP contribution in [0.4, 0.5) is 0 Å². The summed E-state index contributed by atoms with van der Waals surface area (Å²) in [4.78, 5) is 2.59. The second kappa shape index (κ2) is 5.07. The molecule has 21 heavy (non-hydrogen) atoms. The first kappa shape index (κ1) is 13.2. The molecule has 2 bridgehead atoms. The van der Waals surface area contributed by atoms with E-state index >= 15 is 0 Å². The number of rotatable bonds is 3. The van der Waals surface area contributed by atoms with Gasteiger partial charge in [-0.3, -0.25) is 10.00 Å². The molecule has 1 aromatic heterocycles. The number of nitrogens with zero attached hydrogens (tertiary/aromatic N) is 3. The molecule has 1 aromatic carbocycles. The van der Waals surface area contributed by atoms with Crippen LogP contribution in [0.1, 0.15) is 23.9 Å². The summed E-state index contributed by atoms with van der Waals surface area (Å²) in [6, 6.07) is 11.3. The maximum atomic E-state index is 5.39. The van der Waals surface area contributed by atoms with Crippen molar-refractivity contribution >= 4 is 12.2 Å². The molecular formula is C16H20N4S. The maximum Gasteiger partial charge on any atom is 0.195 e. The highest BCUT2D eigenvalue weighted by molar-refractivity contribution is 7.71. The van der Waals surface area contributed by atoms with Crippen LogP contribution in [0.5, 0.6) is 0 Å². The first-order chi connectivity index (χ1) is 10.2. The van der Waals surface area contributed by atoms with Crippen LogP contribution in [0.2, 0.25) is 0 Å². The smallest absolute Gasteiger partial charge is 0.195 e. The number of nitrogens with one attached hydrogen (secondary N) is 1. The van der Waals surface area contributed by atoms with Gasteiger partial charge in [-0.2, -0.15) is 5.10 Å². The van der Waals surface area contributed by atoms with Crippen molar-refractivity contribution in [1.29, 1.82) is 0 Å². The first-order valence-electron chi connectivity index (χ1n) is 7.62. The average molecular weight is 300 g/mol. The highest BCUT2D eigenvalue weighted by Crippen LogP contribution is 2.49. The summed E-state index contributed by atoms with van der Waals surface area (Å²) in [5.41, 5.74) is 1.41. The fourth-order valence-electron chi connectivity index (χ4n) is 4.09. The molecule has 4 nitrogen and oxygen atoms in total. The molecule has 2 atom stereocenters. The highest BCUT2D eigenvalue weighted by Gasteiger charge is 2.48. The van der Waals surface area contributed by atoms with Crippen molar-refractivity contribution < 1.29 is 0 Å².